The molecule has 2 rings (SSSR count). The van der Waals surface area contributed by atoms with Crippen LogP contribution in [0.5, 0.6) is 0 Å². The van der Waals surface area contributed by atoms with Crippen LogP contribution in [-0.2, 0) is 14.9 Å². The van der Waals surface area contributed by atoms with E-state index in [1.54, 1.807) is 0 Å². The van der Waals surface area contributed by atoms with Crippen molar-refractivity contribution in [2.24, 2.45) is 5.92 Å². The van der Waals surface area contributed by atoms with Crippen molar-refractivity contribution in [3.05, 3.63) is 34.9 Å². The molecule has 0 saturated carbocycles. The first-order valence-corrected chi connectivity index (χ1v) is 6.35. The van der Waals surface area contributed by atoms with Crippen LogP contribution in [-0.4, -0.2) is 26.2 Å². The molecule has 1 N–H and O–H groups in total. The highest BCUT2D eigenvalue weighted by atomic mass is 16.5. The fraction of sp³-hybridized carbons (Fsp3) is 0.533. The SMILES string of the molecule is COC(=O)C1CNCC1(C)c1cc(C)ccc1C. The Bertz CT molecular complexity index is 470. The predicted octanol–water partition coefficient (Wildman–Crippen LogP) is 1.95. The van der Waals surface area contributed by atoms with E-state index in [9.17, 15) is 4.79 Å². The van der Waals surface area contributed by atoms with E-state index in [-0.39, 0.29) is 17.3 Å². The lowest BCUT2D eigenvalue weighted by molar-refractivity contribution is -0.146. The quantitative estimate of drug-likeness (QED) is 0.812. The number of benzene rings is 1. The van der Waals surface area contributed by atoms with E-state index in [4.69, 9.17) is 4.74 Å². The van der Waals surface area contributed by atoms with Crippen LogP contribution in [0.2, 0.25) is 0 Å². The van der Waals surface area contributed by atoms with Crippen molar-refractivity contribution in [1.29, 1.82) is 0 Å². The van der Waals surface area contributed by atoms with Crippen molar-refractivity contribution in [3.63, 3.8) is 0 Å². The van der Waals surface area contributed by atoms with E-state index >= 15 is 0 Å². The number of nitrogens with one attached hydrogen (secondary N) is 1. The van der Waals surface area contributed by atoms with E-state index in [0.717, 1.165) is 6.54 Å². The van der Waals surface area contributed by atoms with E-state index in [1.165, 1.54) is 23.8 Å². The molecule has 98 valence electrons. The second kappa shape index (κ2) is 4.73. The summed E-state index contributed by atoms with van der Waals surface area (Å²) in [5, 5.41) is 3.32. The van der Waals surface area contributed by atoms with Crippen molar-refractivity contribution in [1.82, 2.24) is 5.32 Å². The lowest BCUT2D eigenvalue weighted by Gasteiger charge is -2.31. The standard InChI is InChI=1S/C15H21NO2/c1-10-5-6-11(2)12(7-10)15(3)9-16-8-13(15)14(17)18-4/h5-7,13,16H,8-9H2,1-4H3. The van der Waals surface area contributed by atoms with E-state index in [1.807, 2.05) is 0 Å². The van der Waals surface area contributed by atoms with Crippen LogP contribution in [0.4, 0.5) is 0 Å². The van der Waals surface area contributed by atoms with Gasteiger partial charge in [-0.05, 0) is 25.0 Å². The molecule has 1 aromatic rings. The van der Waals surface area contributed by atoms with Gasteiger partial charge in [0.15, 0.2) is 0 Å². The molecule has 0 amide bonds. The van der Waals surface area contributed by atoms with Gasteiger partial charge in [0.25, 0.3) is 0 Å². The van der Waals surface area contributed by atoms with Crippen LogP contribution < -0.4 is 5.32 Å². The number of hydrogen-bond donors (Lipinski definition) is 1. The van der Waals surface area contributed by atoms with E-state index in [0.29, 0.717) is 6.54 Å². The maximum Gasteiger partial charge on any atom is 0.310 e. The lowest BCUT2D eigenvalue weighted by atomic mass is 9.72. The molecule has 1 fully saturated rings. The minimum absolute atomic E-state index is 0.108. The van der Waals surface area contributed by atoms with Gasteiger partial charge in [-0.15, -0.1) is 0 Å². The zero-order valence-electron chi connectivity index (χ0n) is 11.5. The van der Waals surface area contributed by atoms with Gasteiger partial charge in [-0.2, -0.15) is 0 Å². The number of carbonyl (C=O) groups is 1. The van der Waals surface area contributed by atoms with Gasteiger partial charge in [0.1, 0.15) is 0 Å². The second-order valence-corrected chi connectivity index (χ2v) is 5.44. The van der Waals surface area contributed by atoms with E-state index in [2.05, 4.69) is 44.3 Å². The molecular weight excluding hydrogens is 226 g/mol. The van der Waals surface area contributed by atoms with Crippen LogP contribution in [0.15, 0.2) is 18.2 Å². The molecule has 1 aliphatic heterocycles. The number of rotatable bonds is 2. The summed E-state index contributed by atoms with van der Waals surface area (Å²) in [5.74, 6) is -0.230. The van der Waals surface area contributed by atoms with Crippen LogP contribution in [0.3, 0.4) is 0 Å². The van der Waals surface area contributed by atoms with Gasteiger partial charge in [-0.3, -0.25) is 4.79 Å². The Morgan fingerprint density at radius 3 is 2.83 bits per heavy atom. The minimum Gasteiger partial charge on any atom is -0.469 e. The smallest absolute Gasteiger partial charge is 0.310 e. The third kappa shape index (κ3) is 2.03. The van der Waals surface area contributed by atoms with Gasteiger partial charge in [0, 0.05) is 18.5 Å². The normalized spacial score (nSPS) is 27.2. The van der Waals surface area contributed by atoms with Crippen molar-refractivity contribution in [3.8, 4) is 0 Å². The van der Waals surface area contributed by atoms with Crippen LogP contribution in [0, 0.1) is 19.8 Å². The molecule has 18 heavy (non-hydrogen) atoms. The fourth-order valence-electron chi connectivity index (χ4n) is 2.94. The van der Waals surface area contributed by atoms with E-state index < -0.39 is 0 Å². The molecule has 0 radical (unpaired) electrons. The summed E-state index contributed by atoms with van der Waals surface area (Å²) >= 11 is 0. The summed E-state index contributed by atoms with van der Waals surface area (Å²) in [6.07, 6.45) is 0. The lowest BCUT2D eigenvalue weighted by Crippen LogP contribution is -2.37. The Morgan fingerprint density at radius 1 is 1.44 bits per heavy atom. The van der Waals surface area contributed by atoms with Crippen LogP contribution in [0.25, 0.3) is 0 Å². The van der Waals surface area contributed by atoms with Crippen LogP contribution in [0.1, 0.15) is 23.6 Å². The largest absolute Gasteiger partial charge is 0.469 e. The number of methoxy groups -OCH3 is 1. The first-order valence-electron chi connectivity index (χ1n) is 6.35. The average Bonchev–Trinajstić information content (AvgIpc) is 2.74. The van der Waals surface area contributed by atoms with Crippen molar-refractivity contribution < 1.29 is 9.53 Å². The zero-order valence-corrected chi connectivity index (χ0v) is 11.5. The maximum atomic E-state index is 11.9. The molecule has 1 aliphatic rings. The van der Waals surface area contributed by atoms with Crippen molar-refractivity contribution >= 4 is 5.97 Å². The molecule has 1 saturated heterocycles. The summed E-state index contributed by atoms with van der Waals surface area (Å²) in [4.78, 5) is 11.9. The third-order valence-corrected chi connectivity index (χ3v) is 4.10. The first-order chi connectivity index (χ1) is 8.49. The van der Waals surface area contributed by atoms with Gasteiger partial charge in [-0.25, -0.2) is 0 Å². The molecule has 0 spiro atoms. The number of carbonyl (C=O) groups excluding carboxylic acids is 1. The molecule has 3 heteroatoms. The third-order valence-electron chi connectivity index (χ3n) is 4.10. The molecular formula is C15H21NO2. The molecule has 2 unspecified atom stereocenters. The molecule has 0 aromatic heterocycles. The number of aryl methyl sites for hydroxylation is 2. The summed E-state index contributed by atoms with van der Waals surface area (Å²) in [6.45, 7) is 7.85. The molecule has 1 heterocycles. The summed E-state index contributed by atoms with van der Waals surface area (Å²) in [7, 11) is 1.46. The molecule has 0 bridgehead atoms. The summed E-state index contributed by atoms with van der Waals surface area (Å²) in [6, 6.07) is 6.43. The van der Waals surface area contributed by atoms with Crippen LogP contribution >= 0.6 is 0 Å². The Kier molecular flexibility index (Phi) is 3.44. The van der Waals surface area contributed by atoms with Crippen molar-refractivity contribution in [2.45, 2.75) is 26.2 Å². The average molecular weight is 247 g/mol. The molecule has 0 aliphatic carbocycles. The predicted molar refractivity (Wildman–Crippen MR) is 71.6 cm³/mol. The van der Waals surface area contributed by atoms with Crippen molar-refractivity contribution in [2.75, 3.05) is 20.2 Å². The number of hydrogen-bond acceptors (Lipinski definition) is 3. The highest BCUT2D eigenvalue weighted by Crippen LogP contribution is 2.38. The molecule has 3 nitrogen and oxygen atoms in total. The maximum absolute atomic E-state index is 11.9. The number of ether oxygens (including phenoxy) is 1. The highest BCUT2D eigenvalue weighted by molar-refractivity contribution is 5.75. The zero-order chi connectivity index (χ0) is 13.3. The molecule has 2 atom stereocenters. The van der Waals surface area contributed by atoms with Gasteiger partial charge in [0.05, 0.1) is 13.0 Å². The second-order valence-electron chi connectivity index (χ2n) is 5.44. The topological polar surface area (TPSA) is 38.3 Å². The molecule has 1 aromatic carbocycles. The van der Waals surface area contributed by atoms with Gasteiger partial charge < -0.3 is 10.1 Å². The Balaban J connectivity index is 2.46. The number of esters is 1. The monoisotopic (exact) mass is 247 g/mol. The first kappa shape index (κ1) is 13.1. The Morgan fingerprint density at radius 2 is 2.17 bits per heavy atom. The Hall–Kier alpha value is -1.35. The summed E-state index contributed by atoms with van der Waals surface area (Å²) in [5.41, 5.74) is 3.54. The van der Waals surface area contributed by atoms with Gasteiger partial charge in [-0.1, -0.05) is 30.7 Å². The highest BCUT2D eigenvalue weighted by Gasteiger charge is 2.45. The minimum atomic E-state index is -0.177. The van der Waals surface area contributed by atoms with Gasteiger partial charge >= 0.3 is 5.97 Å². The fourth-order valence-corrected chi connectivity index (χ4v) is 2.94. The summed E-state index contributed by atoms with van der Waals surface area (Å²) < 4.78 is 4.94. The Labute approximate surface area is 109 Å². The van der Waals surface area contributed by atoms with Gasteiger partial charge in [0.2, 0.25) is 0 Å².